The van der Waals surface area contributed by atoms with E-state index < -0.39 is 6.17 Å². The van der Waals surface area contributed by atoms with Crippen LogP contribution in [0.1, 0.15) is 157 Å². The lowest BCUT2D eigenvalue weighted by Crippen LogP contribution is -2.48. The molecule has 0 spiro atoms. The summed E-state index contributed by atoms with van der Waals surface area (Å²) in [7, 11) is 2.02. The normalized spacial score (nSPS) is 22.7. The highest BCUT2D eigenvalue weighted by molar-refractivity contribution is 7.98. The van der Waals surface area contributed by atoms with Crippen LogP contribution in [0.2, 0.25) is 0 Å². The number of hydrogen-bond donors (Lipinski definition) is 2. The summed E-state index contributed by atoms with van der Waals surface area (Å²) in [5, 5.41) is 6.98. The third kappa shape index (κ3) is 26.1. The number of unbranched alkanes of at least 4 members (excludes halogenated alkanes) is 4. The number of rotatable bonds is 21. The first-order chi connectivity index (χ1) is 25.7. The van der Waals surface area contributed by atoms with Crippen LogP contribution in [0.25, 0.3) is 0 Å². The summed E-state index contributed by atoms with van der Waals surface area (Å²) in [5.74, 6) is 3.58. The van der Waals surface area contributed by atoms with Crippen LogP contribution < -0.4 is 10.6 Å². The van der Waals surface area contributed by atoms with Crippen molar-refractivity contribution in [2.45, 2.75) is 174 Å². The number of hydrogen-bond acceptors (Lipinski definition) is 5. The number of piperidine rings is 1. The fourth-order valence-electron chi connectivity index (χ4n) is 7.32. The number of nitrogens with one attached hydrogen (secondary N) is 2. The molecular weight excluding hydrogens is 695 g/mol. The highest BCUT2D eigenvalue weighted by Crippen LogP contribution is 2.38. The lowest BCUT2D eigenvalue weighted by molar-refractivity contribution is 0.101. The first kappa shape index (κ1) is 52.5. The van der Waals surface area contributed by atoms with E-state index in [9.17, 15) is 4.39 Å². The molecule has 0 bridgehead atoms. The van der Waals surface area contributed by atoms with Crippen LogP contribution in [-0.4, -0.2) is 85.8 Å². The first-order valence-corrected chi connectivity index (χ1v) is 24.1. The molecule has 4 fully saturated rings. The summed E-state index contributed by atoms with van der Waals surface area (Å²) in [5.41, 5.74) is 1.14. The quantitative estimate of drug-likeness (QED) is 0.0688. The van der Waals surface area contributed by atoms with Gasteiger partial charge in [0.2, 0.25) is 0 Å². The molecule has 2 N–H and O–H groups in total. The highest BCUT2D eigenvalue weighted by atomic mass is 35.5. The molecular formula is C46H90ClFN4S. The van der Waals surface area contributed by atoms with E-state index in [-0.39, 0.29) is 11.3 Å². The van der Waals surface area contributed by atoms with E-state index in [2.05, 4.69) is 60.3 Å². The lowest BCUT2D eigenvalue weighted by Gasteiger charge is -2.42. The zero-order valence-corrected chi connectivity index (χ0v) is 37.8. The van der Waals surface area contributed by atoms with Crippen molar-refractivity contribution in [2.24, 2.45) is 23.7 Å². The molecule has 314 valence electrons. The number of likely N-dealkylation sites (tertiary alicyclic amines) is 2. The maximum atomic E-state index is 14.9. The summed E-state index contributed by atoms with van der Waals surface area (Å²) in [6.07, 6.45) is 29.9. The fraction of sp³-hybridized carbons (Fsp3) is 0.870. The van der Waals surface area contributed by atoms with E-state index in [1.807, 2.05) is 45.7 Å². The SMILES string of the molecule is C1CCC1.C=CC.C=CC1CN(C(=C)CC2CCC(CCCCC3CCN(C(C)NCC(Cl)CC)CC3)CC2F)C1.CC.CNCCCCCCSC. The van der Waals surface area contributed by atoms with Gasteiger partial charge < -0.3 is 15.5 Å². The minimum Gasteiger partial charge on any atom is -0.374 e. The predicted octanol–water partition coefficient (Wildman–Crippen LogP) is 12.9. The second-order valence-corrected chi connectivity index (χ2v) is 17.4. The monoisotopic (exact) mass is 785 g/mol. The van der Waals surface area contributed by atoms with Crippen LogP contribution in [0.15, 0.2) is 37.6 Å². The molecule has 2 aliphatic heterocycles. The van der Waals surface area contributed by atoms with E-state index >= 15 is 0 Å². The standard InChI is InChI=1S/C29H51ClFN3.C8H19NS.C4H8.C3H6.C2H6/c1-5-24-20-34(21-24)22(3)17-27-12-11-26(18-29(27)31)10-8-7-9-25-13-15-33(16-14-25)23(4)32-19-28(30)6-2;1-9-7-5-3-4-6-8-10-2;1-2-4-3-1;1-3-2;1-2/h5,23-29,32H,1,3,6-21H2,2,4H3;9H,3-8H2,1-2H3;1-4H2;3H,1H2,2H3;1-2H3. The van der Waals surface area contributed by atoms with Gasteiger partial charge in [0.15, 0.2) is 0 Å². The average molecular weight is 786 g/mol. The van der Waals surface area contributed by atoms with Gasteiger partial charge in [-0.25, -0.2) is 4.39 Å². The second-order valence-electron chi connectivity index (χ2n) is 15.8. The maximum Gasteiger partial charge on any atom is 0.104 e. The molecule has 4 aliphatic rings. The van der Waals surface area contributed by atoms with Crippen LogP contribution in [0, 0.1) is 23.7 Å². The highest BCUT2D eigenvalue weighted by Gasteiger charge is 2.33. The fourth-order valence-corrected chi connectivity index (χ4v) is 7.90. The molecule has 53 heavy (non-hydrogen) atoms. The Morgan fingerprint density at radius 2 is 1.51 bits per heavy atom. The lowest BCUT2D eigenvalue weighted by atomic mass is 9.76. The molecule has 5 unspecified atom stereocenters. The first-order valence-electron chi connectivity index (χ1n) is 22.2. The largest absolute Gasteiger partial charge is 0.374 e. The Labute approximate surface area is 340 Å². The van der Waals surface area contributed by atoms with Crippen LogP contribution in [-0.2, 0) is 0 Å². The number of alkyl halides is 2. The van der Waals surface area contributed by atoms with E-state index in [4.69, 9.17) is 11.6 Å². The van der Waals surface area contributed by atoms with Gasteiger partial charge in [-0.15, -0.1) is 24.8 Å². The molecule has 0 aromatic carbocycles. The van der Waals surface area contributed by atoms with Crippen molar-refractivity contribution in [3.8, 4) is 0 Å². The summed E-state index contributed by atoms with van der Waals surface area (Å²) in [4.78, 5) is 4.89. The Hall–Kier alpha value is -0.530. The van der Waals surface area contributed by atoms with Gasteiger partial charge in [-0.05, 0) is 128 Å². The van der Waals surface area contributed by atoms with E-state index in [1.54, 1.807) is 6.08 Å². The zero-order valence-electron chi connectivity index (χ0n) is 36.3. The average Bonchev–Trinajstić information content (AvgIpc) is 3.12. The molecule has 0 amide bonds. The Kier molecular flexibility index (Phi) is 35.5. The van der Waals surface area contributed by atoms with Gasteiger partial charge in [-0.1, -0.05) is 104 Å². The number of thioether (sulfide) groups is 1. The molecule has 2 heterocycles. The Bertz CT molecular complexity index is 831. The smallest absolute Gasteiger partial charge is 0.104 e. The molecule has 4 rings (SSSR count). The van der Waals surface area contributed by atoms with Crippen molar-refractivity contribution in [2.75, 3.05) is 58.3 Å². The molecule has 0 radical (unpaired) electrons. The molecule has 7 heteroatoms. The molecule has 4 nitrogen and oxygen atoms in total. The molecule has 0 aromatic rings. The number of allylic oxidation sites excluding steroid dienone is 2. The molecule has 2 aliphatic carbocycles. The van der Waals surface area contributed by atoms with Gasteiger partial charge in [-0.2, -0.15) is 11.8 Å². The van der Waals surface area contributed by atoms with Gasteiger partial charge >= 0.3 is 0 Å². The van der Waals surface area contributed by atoms with Crippen molar-refractivity contribution in [1.82, 2.24) is 20.4 Å². The minimum atomic E-state index is -0.640. The topological polar surface area (TPSA) is 30.5 Å². The van der Waals surface area contributed by atoms with Crippen molar-refractivity contribution in [1.29, 1.82) is 0 Å². The summed E-state index contributed by atoms with van der Waals surface area (Å²) >= 11 is 8.20. The molecule has 2 saturated carbocycles. The second kappa shape index (κ2) is 35.9. The third-order valence-electron chi connectivity index (χ3n) is 11.5. The Morgan fingerprint density at radius 3 is 2.02 bits per heavy atom. The van der Waals surface area contributed by atoms with Crippen LogP contribution in [0.5, 0.6) is 0 Å². The van der Waals surface area contributed by atoms with Crippen molar-refractivity contribution < 1.29 is 4.39 Å². The molecule has 5 atom stereocenters. The van der Waals surface area contributed by atoms with Gasteiger partial charge in [0.1, 0.15) is 6.17 Å². The van der Waals surface area contributed by atoms with Crippen LogP contribution >= 0.6 is 23.4 Å². The minimum absolute atomic E-state index is 0.186. The van der Waals surface area contributed by atoms with Crippen LogP contribution in [0.4, 0.5) is 4.39 Å². The maximum absolute atomic E-state index is 14.9. The summed E-state index contributed by atoms with van der Waals surface area (Å²) < 4.78 is 14.9. The van der Waals surface area contributed by atoms with Crippen molar-refractivity contribution in [3.05, 3.63) is 37.6 Å². The van der Waals surface area contributed by atoms with Crippen molar-refractivity contribution >= 4 is 23.4 Å². The van der Waals surface area contributed by atoms with Gasteiger partial charge in [0, 0.05) is 36.6 Å². The summed E-state index contributed by atoms with van der Waals surface area (Å²) in [6.45, 7) is 28.3. The van der Waals surface area contributed by atoms with E-state index in [0.29, 0.717) is 18.0 Å². The zero-order chi connectivity index (χ0) is 39.7. The Balaban J connectivity index is 0.00000117. The number of nitrogens with zero attached hydrogens (tertiary/aromatic N) is 2. The third-order valence-corrected chi connectivity index (χ3v) is 12.6. The van der Waals surface area contributed by atoms with Gasteiger partial charge in [0.25, 0.3) is 0 Å². The molecule has 0 aromatic heterocycles. The van der Waals surface area contributed by atoms with Gasteiger partial charge in [0.05, 0.1) is 6.17 Å². The van der Waals surface area contributed by atoms with Crippen molar-refractivity contribution in [3.63, 3.8) is 0 Å². The number of halogens is 2. The van der Waals surface area contributed by atoms with E-state index in [1.165, 1.54) is 122 Å². The predicted molar refractivity (Wildman–Crippen MR) is 241 cm³/mol. The van der Waals surface area contributed by atoms with Gasteiger partial charge in [-0.3, -0.25) is 4.90 Å². The van der Waals surface area contributed by atoms with E-state index in [0.717, 1.165) is 56.9 Å². The summed E-state index contributed by atoms with van der Waals surface area (Å²) in [6, 6.07) is 0. The Morgan fingerprint density at radius 1 is 0.925 bits per heavy atom. The van der Waals surface area contributed by atoms with Crippen LogP contribution in [0.3, 0.4) is 0 Å². The molecule has 2 saturated heterocycles.